The molecule has 0 spiro atoms. The molecule has 3 aromatic rings. The quantitative estimate of drug-likeness (QED) is 0.428. The fraction of sp³-hybridized carbons (Fsp3) is 0.318. The highest BCUT2D eigenvalue weighted by molar-refractivity contribution is 7.99. The van der Waals surface area contributed by atoms with Gasteiger partial charge in [0.15, 0.2) is 11.0 Å². The number of hydrogen-bond acceptors (Lipinski definition) is 6. The number of carbonyl (C=O) groups excluding carboxylic acids is 1. The summed E-state index contributed by atoms with van der Waals surface area (Å²) in [4.78, 5) is 17.0. The van der Waals surface area contributed by atoms with Gasteiger partial charge in [-0.15, -0.1) is 16.8 Å². The minimum Gasteiger partial charge on any atom is -0.469 e. The zero-order valence-electron chi connectivity index (χ0n) is 17.0. The molecule has 1 aliphatic rings. The maximum Gasteiger partial charge on any atom is 0.233 e. The molecule has 0 unspecified atom stereocenters. The summed E-state index contributed by atoms with van der Waals surface area (Å²) >= 11 is 1.42. The highest BCUT2D eigenvalue weighted by Gasteiger charge is 2.23. The van der Waals surface area contributed by atoms with Gasteiger partial charge in [-0.2, -0.15) is 0 Å². The normalized spacial score (nSPS) is 14.2. The summed E-state index contributed by atoms with van der Waals surface area (Å²) in [6.45, 7) is 9.45. The van der Waals surface area contributed by atoms with E-state index >= 15 is 0 Å². The Labute approximate surface area is 180 Å². The predicted molar refractivity (Wildman–Crippen MR) is 119 cm³/mol. The topological polar surface area (TPSA) is 67.4 Å². The molecule has 0 radical (unpaired) electrons. The fourth-order valence-corrected chi connectivity index (χ4v) is 4.43. The van der Waals surface area contributed by atoms with Gasteiger partial charge in [0.25, 0.3) is 0 Å². The van der Waals surface area contributed by atoms with E-state index in [0.717, 1.165) is 43.3 Å². The molecule has 3 heterocycles. The lowest BCUT2D eigenvalue weighted by molar-refractivity contribution is -0.128. The van der Waals surface area contributed by atoms with Crippen molar-refractivity contribution in [3.05, 3.63) is 61.1 Å². The number of benzene rings is 1. The molecule has 7 nitrogen and oxygen atoms in total. The average Bonchev–Trinajstić information content (AvgIpc) is 3.38. The second-order valence-corrected chi connectivity index (χ2v) is 8.03. The third-order valence-electron chi connectivity index (χ3n) is 5.21. The highest BCUT2D eigenvalue weighted by Crippen LogP contribution is 2.27. The predicted octanol–water partition coefficient (Wildman–Crippen LogP) is 3.47. The van der Waals surface area contributed by atoms with E-state index < -0.39 is 0 Å². The van der Waals surface area contributed by atoms with Crippen molar-refractivity contribution in [3.8, 4) is 11.4 Å². The number of carbonyl (C=O) groups is 1. The molecule has 0 bridgehead atoms. The molecule has 4 rings (SSSR count). The molecule has 1 saturated heterocycles. The number of thioether (sulfide) groups is 1. The second kappa shape index (κ2) is 9.21. The van der Waals surface area contributed by atoms with E-state index in [1.807, 2.05) is 40.7 Å². The average molecular weight is 424 g/mol. The van der Waals surface area contributed by atoms with E-state index in [-0.39, 0.29) is 5.91 Å². The van der Waals surface area contributed by atoms with Crippen LogP contribution in [0.2, 0.25) is 0 Å². The Morgan fingerprint density at radius 1 is 1.17 bits per heavy atom. The number of para-hydroxylation sites is 1. The number of aryl methyl sites for hydroxylation is 1. The Bertz CT molecular complexity index is 1010. The molecule has 0 saturated carbocycles. The Hall–Kier alpha value is -3.00. The van der Waals surface area contributed by atoms with Gasteiger partial charge in [0, 0.05) is 38.4 Å². The molecule has 0 N–H and O–H groups in total. The minimum absolute atomic E-state index is 0.127. The van der Waals surface area contributed by atoms with Crippen LogP contribution in [0.1, 0.15) is 5.76 Å². The van der Waals surface area contributed by atoms with Crippen LogP contribution in [0.25, 0.3) is 11.4 Å². The molecular weight excluding hydrogens is 398 g/mol. The number of amides is 1. The van der Waals surface area contributed by atoms with E-state index in [0.29, 0.717) is 17.5 Å². The van der Waals surface area contributed by atoms with Crippen LogP contribution in [0.5, 0.6) is 0 Å². The number of nitrogens with zero attached hydrogens (tertiary/aromatic N) is 5. The third kappa shape index (κ3) is 4.28. The summed E-state index contributed by atoms with van der Waals surface area (Å²) in [6, 6.07) is 12.2. The van der Waals surface area contributed by atoms with Gasteiger partial charge < -0.3 is 14.2 Å². The Morgan fingerprint density at radius 3 is 2.60 bits per heavy atom. The van der Waals surface area contributed by atoms with E-state index in [1.165, 1.54) is 17.4 Å². The van der Waals surface area contributed by atoms with E-state index in [1.54, 1.807) is 12.3 Å². The number of anilines is 1. The minimum atomic E-state index is 0.127. The number of rotatable bonds is 7. The van der Waals surface area contributed by atoms with Gasteiger partial charge in [0.2, 0.25) is 5.91 Å². The standard InChI is InChI=1S/C22H25N5O2S/c1-3-10-27-21(19-9-15-29-17(19)2)23-24-22(27)30-16-20(28)26-13-11-25(12-14-26)18-7-5-4-6-8-18/h3-9,15H,1,10-14,16H2,2H3. The summed E-state index contributed by atoms with van der Waals surface area (Å²) in [5, 5.41) is 9.34. The zero-order chi connectivity index (χ0) is 20.9. The van der Waals surface area contributed by atoms with Gasteiger partial charge in [-0.25, -0.2) is 0 Å². The molecule has 0 aliphatic carbocycles. The van der Waals surface area contributed by atoms with Crippen LogP contribution in [0.4, 0.5) is 5.69 Å². The number of aromatic nitrogens is 3. The molecular formula is C22H25N5O2S. The van der Waals surface area contributed by atoms with Crippen molar-refractivity contribution < 1.29 is 9.21 Å². The van der Waals surface area contributed by atoms with Gasteiger partial charge in [-0.1, -0.05) is 36.0 Å². The van der Waals surface area contributed by atoms with Crippen LogP contribution in [0.3, 0.4) is 0 Å². The monoisotopic (exact) mass is 423 g/mol. The smallest absolute Gasteiger partial charge is 0.233 e. The molecule has 1 fully saturated rings. The summed E-state index contributed by atoms with van der Waals surface area (Å²) in [5.74, 6) is 1.98. The van der Waals surface area contributed by atoms with Crippen molar-refractivity contribution in [3.63, 3.8) is 0 Å². The molecule has 1 aromatic carbocycles. The number of piperazine rings is 1. The van der Waals surface area contributed by atoms with E-state index in [9.17, 15) is 4.79 Å². The molecule has 1 amide bonds. The largest absolute Gasteiger partial charge is 0.469 e. The lowest BCUT2D eigenvalue weighted by Crippen LogP contribution is -2.49. The summed E-state index contributed by atoms with van der Waals surface area (Å²) < 4.78 is 7.37. The van der Waals surface area contributed by atoms with Gasteiger partial charge in [-0.05, 0) is 25.1 Å². The van der Waals surface area contributed by atoms with Gasteiger partial charge >= 0.3 is 0 Å². The molecule has 8 heteroatoms. The first kappa shape index (κ1) is 20.3. The lowest BCUT2D eigenvalue weighted by atomic mass is 10.2. The van der Waals surface area contributed by atoms with Crippen LogP contribution < -0.4 is 4.90 Å². The zero-order valence-corrected chi connectivity index (χ0v) is 17.8. The SMILES string of the molecule is C=CCn1c(SCC(=O)N2CCN(c3ccccc3)CC2)nnc1-c1ccoc1C. The van der Waals surface area contributed by atoms with Gasteiger partial charge in [-0.3, -0.25) is 9.36 Å². The first-order chi connectivity index (χ1) is 14.7. The van der Waals surface area contributed by atoms with Crippen molar-refractivity contribution in [1.29, 1.82) is 0 Å². The van der Waals surface area contributed by atoms with Crippen molar-refractivity contribution in [2.45, 2.75) is 18.6 Å². The third-order valence-corrected chi connectivity index (χ3v) is 6.16. The highest BCUT2D eigenvalue weighted by atomic mass is 32.2. The lowest BCUT2D eigenvalue weighted by Gasteiger charge is -2.36. The van der Waals surface area contributed by atoms with E-state index in [2.05, 4.69) is 33.8 Å². The van der Waals surface area contributed by atoms with Crippen molar-refractivity contribution in [2.24, 2.45) is 0 Å². The maximum absolute atomic E-state index is 12.8. The van der Waals surface area contributed by atoms with Crippen LogP contribution >= 0.6 is 11.8 Å². The van der Waals surface area contributed by atoms with Gasteiger partial charge in [0.05, 0.1) is 17.6 Å². The number of furan rings is 1. The summed E-state index contributed by atoms with van der Waals surface area (Å²) in [5.41, 5.74) is 2.11. The number of hydrogen-bond donors (Lipinski definition) is 0. The van der Waals surface area contributed by atoms with E-state index in [4.69, 9.17) is 4.42 Å². The van der Waals surface area contributed by atoms with Crippen LogP contribution in [0.15, 0.2) is 64.9 Å². The van der Waals surface area contributed by atoms with Gasteiger partial charge in [0.1, 0.15) is 5.76 Å². The Kier molecular flexibility index (Phi) is 6.23. The molecule has 1 aliphatic heterocycles. The van der Waals surface area contributed by atoms with Crippen molar-refractivity contribution >= 4 is 23.4 Å². The van der Waals surface area contributed by atoms with Crippen molar-refractivity contribution in [1.82, 2.24) is 19.7 Å². The molecule has 0 atom stereocenters. The second-order valence-electron chi connectivity index (χ2n) is 7.09. The summed E-state index contributed by atoms with van der Waals surface area (Å²) in [7, 11) is 0. The summed E-state index contributed by atoms with van der Waals surface area (Å²) in [6.07, 6.45) is 3.44. The Balaban J connectivity index is 1.37. The van der Waals surface area contributed by atoms with Crippen molar-refractivity contribution in [2.75, 3.05) is 36.8 Å². The maximum atomic E-state index is 12.8. The molecule has 2 aromatic heterocycles. The first-order valence-electron chi connectivity index (χ1n) is 9.96. The van der Waals surface area contributed by atoms with Crippen LogP contribution in [-0.4, -0.2) is 57.5 Å². The first-order valence-corrected chi connectivity index (χ1v) is 10.9. The molecule has 30 heavy (non-hydrogen) atoms. The number of allylic oxidation sites excluding steroid dienone is 1. The molecule has 156 valence electrons. The van der Waals surface area contributed by atoms with Crippen LogP contribution in [0, 0.1) is 6.92 Å². The Morgan fingerprint density at radius 2 is 1.93 bits per heavy atom. The van der Waals surface area contributed by atoms with Crippen LogP contribution in [-0.2, 0) is 11.3 Å². The fourth-order valence-electron chi connectivity index (χ4n) is 3.58.